The number of carboxylic acid groups (broad SMARTS) is 2. The summed E-state index contributed by atoms with van der Waals surface area (Å²) < 4.78 is 0. The van der Waals surface area contributed by atoms with Crippen molar-refractivity contribution >= 4 is 11.9 Å². The number of carboxylic acids is 2. The lowest BCUT2D eigenvalue weighted by Gasteiger charge is -2.71. The lowest BCUT2D eigenvalue weighted by molar-refractivity contribution is -0.212. The molecular weight excluding hydrogens is 498 g/mol. The standard InChI is InChI=1S/C35H53NO4/c1-22-25(23-7-9-24(10-8-23)31(39)40)13-17-32(2)26(22)14-18-34(4)29(32)12-11-27-28-6-5-16-35(28,20-19-33(27,34)3)36-21-15-30(37)38/h7,13,22,24,26-29,36H,5-6,8-12,14-21H2,1-4H3,(H,37,38)(H,39,40)/t22?,24?,26?,27?,28-,29?,32?,33-,34?,35+/m1/s1. The highest BCUT2D eigenvalue weighted by Gasteiger charge is 2.68. The monoisotopic (exact) mass is 551 g/mol. The zero-order chi connectivity index (χ0) is 28.5. The maximum atomic E-state index is 11.5. The van der Waals surface area contributed by atoms with Gasteiger partial charge in [0.05, 0.1) is 12.3 Å². The smallest absolute Gasteiger partial charge is 0.306 e. The van der Waals surface area contributed by atoms with Crippen LogP contribution >= 0.6 is 0 Å². The maximum Gasteiger partial charge on any atom is 0.306 e. The van der Waals surface area contributed by atoms with Crippen LogP contribution in [0.4, 0.5) is 0 Å². The molecule has 0 aromatic rings. The van der Waals surface area contributed by atoms with E-state index < -0.39 is 11.9 Å². The minimum absolute atomic E-state index is 0.161. The van der Waals surface area contributed by atoms with Gasteiger partial charge in [-0.25, -0.2) is 0 Å². The van der Waals surface area contributed by atoms with Crippen molar-refractivity contribution in [1.82, 2.24) is 5.32 Å². The third-order valence-electron chi connectivity index (χ3n) is 14.5. The van der Waals surface area contributed by atoms with Gasteiger partial charge in [-0.15, -0.1) is 0 Å². The van der Waals surface area contributed by atoms with Crippen LogP contribution in [0.1, 0.15) is 118 Å². The maximum absolute atomic E-state index is 11.5. The minimum atomic E-state index is -0.694. The molecule has 4 fully saturated rings. The Bertz CT molecular complexity index is 1110. The van der Waals surface area contributed by atoms with Crippen LogP contribution < -0.4 is 5.32 Å². The van der Waals surface area contributed by atoms with Crippen molar-refractivity contribution in [2.24, 2.45) is 51.8 Å². The first kappa shape index (κ1) is 28.5. The van der Waals surface area contributed by atoms with Crippen LogP contribution in [0.3, 0.4) is 0 Å². The first-order valence-electron chi connectivity index (χ1n) is 16.5. The number of rotatable bonds is 6. The summed E-state index contributed by atoms with van der Waals surface area (Å²) in [7, 11) is 0. The van der Waals surface area contributed by atoms with Crippen LogP contribution in [0.15, 0.2) is 23.3 Å². The van der Waals surface area contributed by atoms with Gasteiger partial charge in [0, 0.05) is 12.1 Å². The number of carbonyl (C=O) groups is 2. The fraction of sp³-hybridized carbons (Fsp3) is 0.829. The molecule has 0 saturated heterocycles. The molecule has 4 saturated carbocycles. The van der Waals surface area contributed by atoms with Gasteiger partial charge in [0.2, 0.25) is 0 Å². The largest absolute Gasteiger partial charge is 0.481 e. The van der Waals surface area contributed by atoms with Crippen molar-refractivity contribution in [3.8, 4) is 0 Å². The molecule has 5 heteroatoms. The van der Waals surface area contributed by atoms with Gasteiger partial charge in [-0.05, 0) is 134 Å². The van der Waals surface area contributed by atoms with Gasteiger partial charge in [0.1, 0.15) is 0 Å². The average Bonchev–Trinajstić information content (AvgIpc) is 3.33. The van der Waals surface area contributed by atoms with E-state index in [0.717, 1.165) is 24.7 Å². The van der Waals surface area contributed by atoms with Crippen LogP contribution in [0.2, 0.25) is 0 Å². The Morgan fingerprint density at radius 1 is 0.900 bits per heavy atom. The van der Waals surface area contributed by atoms with Crippen LogP contribution in [0.5, 0.6) is 0 Å². The summed E-state index contributed by atoms with van der Waals surface area (Å²) in [6.07, 6.45) is 20.2. The molecule has 7 unspecified atom stereocenters. The Morgan fingerprint density at radius 2 is 1.70 bits per heavy atom. The molecular formula is C35H53NO4. The van der Waals surface area contributed by atoms with E-state index in [4.69, 9.17) is 0 Å². The second-order valence-corrected chi connectivity index (χ2v) is 15.6. The molecule has 0 aromatic carbocycles. The zero-order valence-corrected chi connectivity index (χ0v) is 25.4. The fourth-order valence-electron chi connectivity index (χ4n) is 12.3. The van der Waals surface area contributed by atoms with Gasteiger partial charge in [-0.2, -0.15) is 0 Å². The SMILES string of the molecule is CC1C(C2=CCC(C(=O)O)CC2)=CCC2(C)C1CCC1(C)C2CCC2[C@H]3CCC[C@]3(NCCC(=O)O)CC[C@]21C. The van der Waals surface area contributed by atoms with E-state index in [9.17, 15) is 19.8 Å². The normalized spacial score (nSPS) is 48.1. The van der Waals surface area contributed by atoms with Crippen molar-refractivity contribution in [3.63, 3.8) is 0 Å². The number of hydrogen-bond donors (Lipinski definition) is 3. The summed E-state index contributed by atoms with van der Waals surface area (Å²) in [5.74, 6) is 1.88. The van der Waals surface area contributed by atoms with E-state index in [2.05, 4.69) is 45.2 Å². The number of fused-ring (bicyclic) bond motifs is 7. The Morgan fingerprint density at radius 3 is 2.40 bits per heavy atom. The fourth-order valence-corrected chi connectivity index (χ4v) is 12.3. The molecule has 222 valence electrons. The van der Waals surface area contributed by atoms with Gasteiger partial charge in [-0.1, -0.05) is 46.3 Å². The second kappa shape index (κ2) is 9.99. The van der Waals surface area contributed by atoms with Gasteiger partial charge >= 0.3 is 11.9 Å². The van der Waals surface area contributed by atoms with Gasteiger partial charge in [0.15, 0.2) is 0 Å². The van der Waals surface area contributed by atoms with E-state index in [1.54, 1.807) is 0 Å². The second-order valence-electron chi connectivity index (χ2n) is 15.6. The number of nitrogens with one attached hydrogen (secondary N) is 1. The van der Waals surface area contributed by atoms with Gasteiger partial charge in [0.25, 0.3) is 0 Å². The van der Waals surface area contributed by atoms with E-state index in [0.29, 0.717) is 47.0 Å². The van der Waals surface area contributed by atoms with Crippen molar-refractivity contribution in [1.29, 1.82) is 0 Å². The Labute approximate surface area is 241 Å². The third kappa shape index (κ3) is 4.10. The molecule has 6 rings (SSSR count). The number of hydrogen-bond acceptors (Lipinski definition) is 3. The van der Waals surface area contributed by atoms with E-state index in [-0.39, 0.29) is 17.9 Å². The summed E-state index contributed by atoms with van der Waals surface area (Å²) in [5.41, 5.74) is 4.16. The lowest BCUT2D eigenvalue weighted by atomic mass is 9.34. The Kier molecular flexibility index (Phi) is 7.12. The van der Waals surface area contributed by atoms with Crippen LogP contribution in [-0.2, 0) is 9.59 Å². The molecule has 0 bridgehead atoms. The molecule has 0 spiro atoms. The van der Waals surface area contributed by atoms with E-state index in [1.807, 2.05) is 0 Å². The molecule has 6 aliphatic carbocycles. The molecule has 40 heavy (non-hydrogen) atoms. The Balaban J connectivity index is 1.24. The van der Waals surface area contributed by atoms with Gasteiger partial charge in [-0.3, -0.25) is 9.59 Å². The van der Waals surface area contributed by atoms with Gasteiger partial charge < -0.3 is 15.5 Å². The van der Waals surface area contributed by atoms with E-state index in [1.165, 1.54) is 75.4 Å². The summed E-state index contributed by atoms with van der Waals surface area (Å²) >= 11 is 0. The molecule has 3 N–H and O–H groups in total. The molecule has 0 heterocycles. The lowest BCUT2D eigenvalue weighted by Crippen LogP contribution is -2.67. The highest BCUT2D eigenvalue weighted by Crippen LogP contribution is 2.75. The van der Waals surface area contributed by atoms with Crippen molar-refractivity contribution in [3.05, 3.63) is 23.3 Å². The van der Waals surface area contributed by atoms with Crippen LogP contribution in [-0.4, -0.2) is 34.2 Å². The Hall–Kier alpha value is -1.62. The minimum Gasteiger partial charge on any atom is -0.481 e. The van der Waals surface area contributed by atoms with Crippen molar-refractivity contribution in [2.75, 3.05) is 6.54 Å². The summed E-state index contributed by atoms with van der Waals surface area (Å²) in [6.45, 7) is 11.1. The quantitative estimate of drug-likeness (QED) is 0.316. The highest BCUT2D eigenvalue weighted by molar-refractivity contribution is 5.70. The van der Waals surface area contributed by atoms with Crippen LogP contribution in [0.25, 0.3) is 0 Å². The van der Waals surface area contributed by atoms with Crippen LogP contribution in [0, 0.1) is 51.8 Å². The number of allylic oxidation sites excluding steroid dienone is 4. The van der Waals surface area contributed by atoms with E-state index >= 15 is 0 Å². The molecule has 0 aliphatic heterocycles. The molecule has 0 radical (unpaired) electrons. The van der Waals surface area contributed by atoms with Crippen molar-refractivity contribution in [2.45, 2.75) is 123 Å². The number of aliphatic carboxylic acids is 2. The molecule has 10 atom stereocenters. The molecule has 0 amide bonds. The average molecular weight is 552 g/mol. The summed E-state index contributed by atoms with van der Waals surface area (Å²) in [4.78, 5) is 22.8. The van der Waals surface area contributed by atoms with Crippen molar-refractivity contribution < 1.29 is 19.8 Å². The summed E-state index contributed by atoms with van der Waals surface area (Å²) in [6, 6.07) is 0. The highest BCUT2D eigenvalue weighted by atomic mass is 16.4. The first-order valence-corrected chi connectivity index (χ1v) is 16.5. The molecule has 5 nitrogen and oxygen atoms in total. The zero-order valence-electron chi connectivity index (χ0n) is 25.4. The third-order valence-corrected chi connectivity index (χ3v) is 14.5. The predicted octanol–water partition coefficient (Wildman–Crippen LogP) is 7.62. The topological polar surface area (TPSA) is 86.6 Å². The molecule has 0 aromatic heterocycles. The predicted molar refractivity (Wildman–Crippen MR) is 158 cm³/mol. The summed E-state index contributed by atoms with van der Waals surface area (Å²) in [5, 5.41) is 22.6. The first-order chi connectivity index (χ1) is 19.0. The molecule has 6 aliphatic rings.